The van der Waals surface area contributed by atoms with Crippen molar-refractivity contribution in [3.63, 3.8) is 0 Å². The van der Waals surface area contributed by atoms with Gasteiger partial charge in [-0.2, -0.15) is 5.26 Å². The van der Waals surface area contributed by atoms with Crippen LogP contribution in [0.25, 0.3) is 0 Å². The topological polar surface area (TPSA) is 27.0 Å². The van der Waals surface area contributed by atoms with E-state index in [0.717, 1.165) is 6.54 Å². The number of rotatable bonds is 2. The lowest BCUT2D eigenvalue weighted by Crippen LogP contribution is -3.00. The molecule has 15 heavy (non-hydrogen) atoms. The maximum Gasteiger partial charge on any atom is 0.0635 e. The van der Waals surface area contributed by atoms with Gasteiger partial charge in [0.2, 0.25) is 0 Å². The maximum absolute atomic E-state index is 8.58. The second kappa shape index (κ2) is 5.72. The summed E-state index contributed by atoms with van der Waals surface area (Å²) in [7, 11) is 0. The summed E-state index contributed by atoms with van der Waals surface area (Å²) in [6.45, 7) is 3.50. The van der Waals surface area contributed by atoms with E-state index in [4.69, 9.17) is 5.26 Å². The van der Waals surface area contributed by atoms with Crippen molar-refractivity contribution in [2.45, 2.75) is 44.9 Å². The molecule has 0 aromatic carbocycles. The number of nitriles is 1. The summed E-state index contributed by atoms with van der Waals surface area (Å²) in [5.41, 5.74) is 0.660. The van der Waals surface area contributed by atoms with Crippen molar-refractivity contribution in [2.24, 2.45) is 5.41 Å². The molecule has 2 fully saturated rings. The zero-order chi connectivity index (χ0) is 9.86. The Labute approximate surface area is 99.0 Å². The first kappa shape index (κ1) is 12.8. The first-order valence-corrected chi connectivity index (χ1v) is 5.94. The highest BCUT2D eigenvalue weighted by Gasteiger charge is 2.37. The molecule has 0 amide bonds. The predicted molar refractivity (Wildman–Crippen MR) is 56.8 cm³/mol. The van der Waals surface area contributed by atoms with E-state index in [2.05, 4.69) is 11.0 Å². The predicted octanol–water partition coefficient (Wildman–Crippen LogP) is -0.440. The molecule has 2 rings (SSSR count). The smallest absolute Gasteiger partial charge is 0.0635 e. The normalized spacial score (nSPS) is 24.7. The third kappa shape index (κ3) is 3.09. The molecule has 0 radical (unpaired) electrons. The molecule has 0 aromatic rings. The molecule has 1 saturated carbocycles. The van der Waals surface area contributed by atoms with Crippen LogP contribution >= 0.6 is 0 Å². The SMILES string of the molecule is N#CCCN1CCCC2(CCCC2)C1.[Cl-]. The van der Waals surface area contributed by atoms with Gasteiger partial charge in [-0.25, -0.2) is 0 Å². The molecule has 1 aliphatic heterocycles. The van der Waals surface area contributed by atoms with Crippen molar-refractivity contribution in [1.29, 1.82) is 5.26 Å². The first-order chi connectivity index (χ1) is 6.85. The monoisotopic (exact) mass is 227 g/mol. The van der Waals surface area contributed by atoms with Crippen molar-refractivity contribution in [3.8, 4) is 6.07 Å². The molecular weight excluding hydrogens is 208 g/mol. The van der Waals surface area contributed by atoms with Crippen LogP contribution in [0.5, 0.6) is 0 Å². The zero-order valence-electron chi connectivity index (χ0n) is 9.34. The third-order valence-corrected chi connectivity index (χ3v) is 3.94. The minimum absolute atomic E-state index is 0. The molecule has 1 saturated heterocycles. The van der Waals surface area contributed by atoms with Crippen LogP contribution in [0.3, 0.4) is 0 Å². The Hall–Kier alpha value is -0.260. The number of hydrogen-bond donors (Lipinski definition) is 0. The third-order valence-electron chi connectivity index (χ3n) is 3.94. The van der Waals surface area contributed by atoms with Crippen LogP contribution in [-0.2, 0) is 0 Å². The lowest BCUT2D eigenvalue weighted by molar-refractivity contribution is -0.00000364. The van der Waals surface area contributed by atoms with E-state index in [0.29, 0.717) is 11.8 Å². The van der Waals surface area contributed by atoms with Crippen LogP contribution in [0.15, 0.2) is 0 Å². The van der Waals surface area contributed by atoms with E-state index in [1.807, 2.05) is 0 Å². The van der Waals surface area contributed by atoms with Gasteiger partial charge in [0.15, 0.2) is 0 Å². The summed E-state index contributed by atoms with van der Waals surface area (Å²) < 4.78 is 0. The van der Waals surface area contributed by atoms with Gasteiger partial charge >= 0.3 is 0 Å². The molecule has 0 bridgehead atoms. The minimum atomic E-state index is 0. The van der Waals surface area contributed by atoms with Crippen molar-refractivity contribution in [2.75, 3.05) is 19.6 Å². The molecule has 3 heteroatoms. The summed E-state index contributed by atoms with van der Waals surface area (Å²) in [5, 5.41) is 8.58. The Morgan fingerprint density at radius 2 is 1.80 bits per heavy atom. The lowest BCUT2D eigenvalue weighted by Gasteiger charge is -2.40. The van der Waals surface area contributed by atoms with E-state index in [1.54, 1.807) is 0 Å². The van der Waals surface area contributed by atoms with Crippen LogP contribution in [0, 0.1) is 16.7 Å². The summed E-state index contributed by atoms with van der Waals surface area (Å²) in [6, 6.07) is 2.25. The summed E-state index contributed by atoms with van der Waals surface area (Å²) in [4.78, 5) is 2.51. The van der Waals surface area contributed by atoms with Gasteiger partial charge in [0.1, 0.15) is 0 Å². The molecule has 0 aromatic heterocycles. The van der Waals surface area contributed by atoms with Crippen LogP contribution in [0.1, 0.15) is 44.9 Å². The fourth-order valence-electron chi connectivity index (χ4n) is 3.24. The summed E-state index contributed by atoms with van der Waals surface area (Å²) in [5.74, 6) is 0. The maximum atomic E-state index is 8.58. The average molecular weight is 228 g/mol. The quantitative estimate of drug-likeness (QED) is 0.640. The van der Waals surface area contributed by atoms with Crippen LogP contribution < -0.4 is 12.4 Å². The lowest BCUT2D eigenvalue weighted by atomic mass is 9.78. The van der Waals surface area contributed by atoms with Gasteiger partial charge in [-0.1, -0.05) is 12.8 Å². The molecule has 1 heterocycles. The molecule has 1 spiro atoms. The van der Waals surface area contributed by atoms with E-state index >= 15 is 0 Å². The number of piperidine rings is 1. The molecule has 0 unspecified atom stereocenters. The van der Waals surface area contributed by atoms with Crippen LogP contribution in [-0.4, -0.2) is 24.5 Å². The molecule has 0 atom stereocenters. The molecular formula is C12H20ClN2-. The van der Waals surface area contributed by atoms with Crippen molar-refractivity contribution >= 4 is 0 Å². The molecule has 2 aliphatic rings. The largest absolute Gasteiger partial charge is 1.00 e. The summed E-state index contributed by atoms with van der Waals surface area (Å²) >= 11 is 0. The van der Waals surface area contributed by atoms with Crippen molar-refractivity contribution in [1.82, 2.24) is 4.90 Å². The van der Waals surface area contributed by atoms with Gasteiger partial charge in [-0.05, 0) is 37.6 Å². The molecule has 0 N–H and O–H groups in total. The minimum Gasteiger partial charge on any atom is -1.00 e. The highest BCUT2D eigenvalue weighted by atomic mass is 35.5. The van der Waals surface area contributed by atoms with E-state index in [9.17, 15) is 0 Å². The highest BCUT2D eigenvalue weighted by Crippen LogP contribution is 2.44. The fraction of sp³-hybridized carbons (Fsp3) is 0.917. The number of likely N-dealkylation sites (tertiary alicyclic amines) is 1. The second-order valence-corrected chi connectivity index (χ2v) is 4.99. The molecule has 1 aliphatic carbocycles. The summed E-state index contributed by atoms with van der Waals surface area (Å²) in [6.07, 6.45) is 9.25. The van der Waals surface area contributed by atoms with Gasteiger partial charge < -0.3 is 17.3 Å². The van der Waals surface area contributed by atoms with Crippen molar-refractivity contribution < 1.29 is 12.4 Å². The van der Waals surface area contributed by atoms with Gasteiger partial charge in [0.25, 0.3) is 0 Å². The average Bonchev–Trinajstić information content (AvgIpc) is 2.63. The number of hydrogen-bond acceptors (Lipinski definition) is 2. The van der Waals surface area contributed by atoms with E-state index in [-0.39, 0.29) is 12.4 Å². The first-order valence-electron chi connectivity index (χ1n) is 5.94. The zero-order valence-corrected chi connectivity index (χ0v) is 10.1. The second-order valence-electron chi connectivity index (χ2n) is 4.99. The number of nitrogens with zero attached hydrogens (tertiary/aromatic N) is 2. The van der Waals surface area contributed by atoms with E-state index in [1.165, 1.54) is 51.6 Å². The van der Waals surface area contributed by atoms with Crippen LogP contribution in [0.4, 0.5) is 0 Å². The fourth-order valence-corrected chi connectivity index (χ4v) is 3.24. The van der Waals surface area contributed by atoms with E-state index < -0.39 is 0 Å². The van der Waals surface area contributed by atoms with Gasteiger partial charge in [-0.15, -0.1) is 0 Å². The van der Waals surface area contributed by atoms with Crippen molar-refractivity contribution in [3.05, 3.63) is 0 Å². The van der Waals surface area contributed by atoms with Crippen LogP contribution in [0.2, 0.25) is 0 Å². The van der Waals surface area contributed by atoms with Gasteiger partial charge in [-0.3, -0.25) is 0 Å². The molecule has 2 nitrogen and oxygen atoms in total. The Kier molecular flexibility index (Phi) is 4.89. The standard InChI is InChI=1S/C12H20N2.ClH/c13-8-4-10-14-9-3-7-12(11-14)5-1-2-6-12;/h1-7,9-11H2;1H/p-1. The Balaban J connectivity index is 0.00000112. The van der Waals surface area contributed by atoms with Gasteiger partial charge in [0, 0.05) is 19.5 Å². The Bertz CT molecular complexity index is 228. The number of halogens is 1. The van der Waals surface area contributed by atoms with Gasteiger partial charge in [0.05, 0.1) is 6.07 Å². The highest BCUT2D eigenvalue weighted by molar-refractivity contribution is 4.91. The Morgan fingerprint density at radius 3 is 2.47 bits per heavy atom. The Morgan fingerprint density at radius 1 is 1.13 bits per heavy atom. The molecule has 86 valence electrons.